The van der Waals surface area contributed by atoms with E-state index in [0.29, 0.717) is 24.5 Å². The van der Waals surface area contributed by atoms with E-state index in [1.165, 1.54) is 12.8 Å². The Bertz CT molecular complexity index is 670. The Morgan fingerprint density at radius 2 is 2.00 bits per heavy atom. The van der Waals surface area contributed by atoms with E-state index in [1.807, 2.05) is 36.2 Å². The van der Waals surface area contributed by atoms with E-state index >= 15 is 0 Å². The first-order valence-corrected chi connectivity index (χ1v) is 10.6. The van der Waals surface area contributed by atoms with Gasteiger partial charge in [0.1, 0.15) is 0 Å². The van der Waals surface area contributed by atoms with Crippen molar-refractivity contribution < 1.29 is 9.53 Å². The lowest BCUT2D eigenvalue weighted by atomic mass is 10.1. The molecule has 1 saturated heterocycles. The topological polar surface area (TPSA) is 57.2 Å². The summed E-state index contributed by atoms with van der Waals surface area (Å²) in [6.45, 7) is 5.57. The minimum absolute atomic E-state index is 0.151. The number of amides is 1. The Labute approximate surface area is 172 Å². The van der Waals surface area contributed by atoms with E-state index in [1.54, 1.807) is 0 Å². The molecule has 0 unspecified atom stereocenters. The summed E-state index contributed by atoms with van der Waals surface area (Å²) >= 11 is 6.01. The predicted molar refractivity (Wildman–Crippen MR) is 113 cm³/mol. The zero-order chi connectivity index (χ0) is 19.8. The molecule has 0 spiro atoms. The molecule has 28 heavy (non-hydrogen) atoms. The Balaban J connectivity index is 1.35. The zero-order valence-electron chi connectivity index (χ0n) is 16.7. The van der Waals surface area contributed by atoms with Crippen LogP contribution in [0.15, 0.2) is 29.3 Å². The van der Waals surface area contributed by atoms with Crippen molar-refractivity contribution in [2.24, 2.45) is 10.9 Å². The van der Waals surface area contributed by atoms with Crippen LogP contribution in [0, 0.1) is 5.92 Å². The van der Waals surface area contributed by atoms with Crippen molar-refractivity contribution in [3.05, 3.63) is 34.9 Å². The fourth-order valence-electron chi connectivity index (χ4n) is 3.34. The van der Waals surface area contributed by atoms with Crippen LogP contribution in [-0.2, 0) is 16.0 Å². The molecule has 0 aromatic heterocycles. The van der Waals surface area contributed by atoms with Gasteiger partial charge in [-0.05, 0) is 42.9 Å². The molecule has 154 valence electrons. The van der Waals surface area contributed by atoms with Crippen LogP contribution in [0.4, 0.5) is 0 Å². The van der Waals surface area contributed by atoms with Crippen molar-refractivity contribution in [2.45, 2.75) is 25.7 Å². The van der Waals surface area contributed by atoms with Crippen LogP contribution in [0.5, 0.6) is 0 Å². The number of guanidine groups is 1. The van der Waals surface area contributed by atoms with Gasteiger partial charge in [-0.15, -0.1) is 0 Å². The third kappa shape index (κ3) is 6.67. The number of nitrogens with zero attached hydrogens (tertiary/aromatic N) is 3. The molecule has 1 heterocycles. The molecule has 6 nitrogen and oxygen atoms in total. The highest BCUT2D eigenvalue weighted by molar-refractivity contribution is 6.30. The highest BCUT2D eigenvalue weighted by Gasteiger charge is 2.23. The lowest BCUT2D eigenvalue weighted by Crippen LogP contribution is -2.54. The van der Waals surface area contributed by atoms with Crippen molar-refractivity contribution in [3.63, 3.8) is 0 Å². The number of nitrogens with one attached hydrogen (secondary N) is 1. The Hall–Kier alpha value is -1.79. The van der Waals surface area contributed by atoms with E-state index in [9.17, 15) is 4.79 Å². The Morgan fingerprint density at radius 1 is 1.25 bits per heavy atom. The molecule has 0 atom stereocenters. The van der Waals surface area contributed by atoms with Crippen molar-refractivity contribution in [2.75, 3.05) is 53.0 Å². The van der Waals surface area contributed by atoms with E-state index in [-0.39, 0.29) is 5.91 Å². The Morgan fingerprint density at radius 3 is 2.68 bits per heavy atom. The molecule has 7 heteroatoms. The van der Waals surface area contributed by atoms with Gasteiger partial charge in [0.25, 0.3) is 0 Å². The van der Waals surface area contributed by atoms with Crippen LogP contribution >= 0.6 is 11.6 Å². The second-order valence-corrected chi connectivity index (χ2v) is 7.96. The largest absolute Gasteiger partial charge is 0.381 e. The van der Waals surface area contributed by atoms with Gasteiger partial charge in [0, 0.05) is 58.0 Å². The molecule has 0 radical (unpaired) electrons. The van der Waals surface area contributed by atoms with Crippen molar-refractivity contribution >= 4 is 23.5 Å². The number of aliphatic imine (C=N–C) groups is 1. The molecule has 1 amide bonds. The van der Waals surface area contributed by atoms with Crippen LogP contribution in [0.25, 0.3) is 0 Å². The summed E-state index contributed by atoms with van der Waals surface area (Å²) in [6, 6.07) is 7.51. The fraction of sp³-hybridized carbons (Fsp3) is 0.619. The molecule has 1 N–H and O–H groups in total. The normalized spacial score (nSPS) is 17.7. The van der Waals surface area contributed by atoms with Gasteiger partial charge in [0.2, 0.25) is 5.91 Å². The minimum atomic E-state index is 0.151. The summed E-state index contributed by atoms with van der Waals surface area (Å²) in [4.78, 5) is 21.1. The van der Waals surface area contributed by atoms with Gasteiger partial charge in [0.15, 0.2) is 5.96 Å². The highest BCUT2D eigenvalue weighted by atomic mass is 35.5. The number of carbonyl (C=O) groups is 1. The Kier molecular flexibility index (Phi) is 7.98. The smallest absolute Gasteiger partial charge is 0.227 e. The first kappa shape index (κ1) is 20.9. The first-order chi connectivity index (χ1) is 13.7. The van der Waals surface area contributed by atoms with E-state index in [4.69, 9.17) is 16.3 Å². The van der Waals surface area contributed by atoms with E-state index in [2.05, 4.69) is 15.2 Å². The SMILES string of the molecule is CN=C(NCCCOCC1CC1)N1CCN(C(=O)Cc2cccc(Cl)c2)CC1. The number of hydrogen-bond donors (Lipinski definition) is 1. The number of halogens is 1. The van der Waals surface area contributed by atoms with Crippen LogP contribution in [0.2, 0.25) is 5.02 Å². The fourth-order valence-corrected chi connectivity index (χ4v) is 3.56. The molecular formula is C21H31ClN4O2. The van der Waals surface area contributed by atoms with Crippen molar-refractivity contribution in [1.29, 1.82) is 0 Å². The quantitative estimate of drug-likeness (QED) is 0.409. The summed E-state index contributed by atoms with van der Waals surface area (Å²) in [6.07, 6.45) is 4.04. The summed E-state index contributed by atoms with van der Waals surface area (Å²) in [5, 5.41) is 4.08. The molecule has 0 bridgehead atoms. The van der Waals surface area contributed by atoms with Crippen LogP contribution < -0.4 is 5.32 Å². The monoisotopic (exact) mass is 406 g/mol. The van der Waals surface area contributed by atoms with Crippen molar-refractivity contribution in [1.82, 2.24) is 15.1 Å². The number of carbonyl (C=O) groups excluding carboxylic acids is 1. The average Bonchev–Trinajstić information content (AvgIpc) is 3.52. The zero-order valence-corrected chi connectivity index (χ0v) is 17.5. The molecule has 1 aromatic carbocycles. The molecule has 1 aromatic rings. The molecular weight excluding hydrogens is 376 g/mol. The van der Waals surface area contributed by atoms with Gasteiger partial charge in [-0.3, -0.25) is 9.79 Å². The third-order valence-corrected chi connectivity index (χ3v) is 5.42. The number of rotatable bonds is 8. The van der Waals surface area contributed by atoms with Gasteiger partial charge >= 0.3 is 0 Å². The summed E-state index contributed by atoms with van der Waals surface area (Å²) < 4.78 is 5.67. The van der Waals surface area contributed by atoms with Crippen molar-refractivity contribution in [3.8, 4) is 0 Å². The van der Waals surface area contributed by atoms with Gasteiger partial charge < -0.3 is 19.9 Å². The molecule has 1 saturated carbocycles. The average molecular weight is 407 g/mol. The summed E-state index contributed by atoms with van der Waals surface area (Å²) in [5.41, 5.74) is 0.960. The lowest BCUT2D eigenvalue weighted by molar-refractivity contribution is -0.131. The highest BCUT2D eigenvalue weighted by Crippen LogP contribution is 2.28. The third-order valence-electron chi connectivity index (χ3n) is 5.19. The van der Waals surface area contributed by atoms with Gasteiger partial charge in [-0.2, -0.15) is 0 Å². The lowest BCUT2D eigenvalue weighted by Gasteiger charge is -2.36. The molecule has 3 rings (SSSR count). The van der Waals surface area contributed by atoms with E-state index in [0.717, 1.165) is 56.7 Å². The van der Waals surface area contributed by atoms with Gasteiger partial charge in [0.05, 0.1) is 6.42 Å². The number of piperazine rings is 1. The molecule has 2 aliphatic rings. The maximum Gasteiger partial charge on any atom is 0.227 e. The first-order valence-electron chi connectivity index (χ1n) is 10.2. The van der Waals surface area contributed by atoms with Crippen LogP contribution in [0.1, 0.15) is 24.8 Å². The standard InChI is InChI=1S/C21H31ClN4O2/c1-23-21(24-8-3-13-28-16-17-6-7-17)26-11-9-25(10-12-26)20(27)15-18-4-2-5-19(22)14-18/h2,4-5,14,17H,3,6-13,15-16H2,1H3,(H,23,24). The summed E-state index contributed by atoms with van der Waals surface area (Å²) in [5.74, 6) is 1.88. The molecule has 1 aliphatic heterocycles. The maximum absolute atomic E-state index is 12.6. The van der Waals surface area contributed by atoms with Gasteiger partial charge in [-0.1, -0.05) is 23.7 Å². The number of benzene rings is 1. The maximum atomic E-state index is 12.6. The summed E-state index contributed by atoms with van der Waals surface area (Å²) in [7, 11) is 1.81. The molecule has 1 aliphatic carbocycles. The number of ether oxygens (including phenoxy) is 1. The molecule has 2 fully saturated rings. The van der Waals surface area contributed by atoms with Gasteiger partial charge in [-0.25, -0.2) is 0 Å². The second kappa shape index (κ2) is 10.7. The predicted octanol–water partition coefficient (Wildman–Crippen LogP) is 2.42. The minimum Gasteiger partial charge on any atom is -0.381 e. The van der Waals surface area contributed by atoms with Crippen LogP contribution in [-0.4, -0.2) is 74.7 Å². The van der Waals surface area contributed by atoms with Crippen LogP contribution in [0.3, 0.4) is 0 Å². The van der Waals surface area contributed by atoms with E-state index < -0.39 is 0 Å². The second-order valence-electron chi connectivity index (χ2n) is 7.52. The number of hydrogen-bond acceptors (Lipinski definition) is 3.